The zero-order valence-corrected chi connectivity index (χ0v) is 26.9. The van der Waals surface area contributed by atoms with E-state index < -0.39 is 0 Å². The van der Waals surface area contributed by atoms with Crippen LogP contribution >= 0.6 is 11.6 Å². The van der Waals surface area contributed by atoms with E-state index in [2.05, 4.69) is 18.9 Å². The van der Waals surface area contributed by atoms with Gasteiger partial charge in [-0.3, -0.25) is 9.59 Å². The summed E-state index contributed by atoms with van der Waals surface area (Å²) in [4.78, 5) is 33.4. The monoisotopic (exact) mass is 632 g/mol. The van der Waals surface area contributed by atoms with Crippen LogP contribution in [-0.2, 0) is 9.53 Å². The molecule has 1 amide bonds. The molecule has 1 fully saturated rings. The summed E-state index contributed by atoms with van der Waals surface area (Å²) in [5, 5.41) is 5.44. The van der Waals surface area contributed by atoms with Crippen LogP contribution in [0.4, 0.5) is 0 Å². The number of rotatable bonds is 10. The van der Waals surface area contributed by atoms with Crippen LogP contribution in [-0.4, -0.2) is 73.3 Å². The van der Waals surface area contributed by atoms with Crippen LogP contribution in [0.5, 0.6) is 17.2 Å². The number of para-hydroxylation sites is 1. The van der Waals surface area contributed by atoms with Crippen molar-refractivity contribution in [3.63, 3.8) is 0 Å². The summed E-state index contributed by atoms with van der Waals surface area (Å²) in [7, 11) is 1.49. The molecule has 0 atom stereocenters. The van der Waals surface area contributed by atoms with E-state index in [1.807, 2.05) is 32.0 Å². The summed E-state index contributed by atoms with van der Waals surface area (Å²) >= 11 is 6.43. The van der Waals surface area contributed by atoms with Crippen LogP contribution in [0.3, 0.4) is 0 Å². The van der Waals surface area contributed by atoms with Crippen LogP contribution in [0.1, 0.15) is 43.4 Å². The van der Waals surface area contributed by atoms with Crippen LogP contribution < -0.4 is 19.8 Å². The summed E-state index contributed by atoms with van der Waals surface area (Å²) < 4.78 is 24.1. The molecule has 1 aliphatic rings. The number of aryl methyl sites for hydroxylation is 1. The Hall–Kier alpha value is -4.41. The highest BCUT2D eigenvalue weighted by Crippen LogP contribution is 2.36. The molecule has 0 N–H and O–H groups in total. The molecule has 4 aromatic rings. The molecule has 2 heterocycles. The van der Waals surface area contributed by atoms with Crippen molar-refractivity contribution in [2.45, 2.75) is 33.6 Å². The molecular weight excluding hydrogens is 596 g/mol. The molecule has 0 saturated carbocycles. The van der Waals surface area contributed by atoms with Crippen LogP contribution in [0.2, 0.25) is 5.02 Å². The molecule has 1 saturated heterocycles. The summed E-state index contributed by atoms with van der Waals surface area (Å²) in [5.41, 5.74) is 3.26. The predicted molar refractivity (Wildman–Crippen MR) is 175 cm³/mol. The number of nitrogens with zero attached hydrogens (tertiary/aromatic N) is 4. The number of amides is 1. The van der Waals surface area contributed by atoms with E-state index in [9.17, 15) is 9.59 Å². The molecule has 0 unspecified atom stereocenters. The van der Waals surface area contributed by atoms with E-state index >= 15 is 0 Å². The van der Waals surface area contributed by atoms with Gasteiger partial charge in [-0.05, 0) is 61.2 Å². The van der Waals surface area contributed by atoms with Gasteiger partial charge in [0.25, 0.3) is 11.5 Å². The Kier molecular flexibility index (Phi) is 10.0. The fraction of sp³-hybridized carbons (Fsp3) is 0.353. The van der Waals surface area contributed by atoms with E-state index in [-0.39, 0.29) is 29.7 Å². The number of aromatic nitrogens is 2. The van der Waals surface area contributed by atoms with Gasteiger partial charge in [-0.2, -0.15) is 9.78 Å². The first kappa shape index (κ1) is 32.0. The van der Waals surface area contributed by atoms with E-state index in [0.717, 1.165) is 22.4 Å². The van der Waals surface area contributed by atoms with E-state index in [4.69, 9.17) is 35.5 Å². The largest absolute Gasteiger partial charge is 0.494 e. The number of carbonyl (C=O) groups is 1. The van der Waals surface area contributed by atoms with Gasteiger partial charge in [0.15, 0.2) is 23.9 Å². The molecule has 0 aliphatic carbocycles. The fourth-order valence-corrected chi connectivity index (χ4v) is 5.44. The van der Waals surface area contributed by atoms with E-state index in [1.165, 1.54) is 18.0 Å². The summed E-state index contributed by atoms with van der Waals surface area (Å²) in [5.74, 6) is 1.75. The molecule has 10 nitrogen and oxygen atoms in total. The molecule has 236 valence electrons. The van der Waals surface area contributed by atoms with Gasteiger partial charge in [0.05, 0.1) is 44.0 Å². The second-order valence-corrected chi connectivity index (χ2v) is 11.4. The number of hydrogen-bond acceptors (Lipinski definition) is 8. The number of fused-ring (bicyclic) bond motifs is 1. The minimum absolute atomic E-state index is 0.161. The molecule has 1 aromatic heterocycles. The van der Waals surface area contributed by atoms with Crippen molar-refractivity contribution in [1.29, 1.82) is 0 Å². The topological polar surface area (TPSA) is 104 Å². The number of morpholine rings is 1. The average Bonchev–Trinajstić information content (AvgIpc) is 3.04. The minimum atomic E-state index is -0.342. The van der Waals surface area contributed by atoms with Crippen molar-refractivity contribution in [3.8, 4) is 28.6 Å². The van der Waals surface area contributed by atoms with Gasteiger partial charge in [0.1, 0.15) is 5.75 Å². The summed E-state index contributed by atoms with van der Waals surface area (Å²) in [6.45, 7) is 10.4. The number of hydrogen-bond donors (Lipinski definition) is 0. The Bertz CT molecular complexity index is 1800. The lowest BCUT2D eigenvalue weighted by Gasteiger charge is -2.27. The first-order valence-electron chi connectivity index (χ1n) is 14.9. The van der Waals surface area contributed by atoms with Gasteiger partial charge >= 0.3 is 0 Å². The second-order valence-electron chi connectivity index (χ2n) is 10.9. The van der Waals surface area contributed by atoms with E-state index in [1.54, 1.807) is 35.2 Å². The first-order valence-corrected chi connectivity index (χ1v) is 15.3. The molecule has 5 rings (SSSR count). The van der Waals surface area contributed by atoms with Gasteiger partial charge in [-0.15, -0.1) is 0 Å². The third kappa shape index (κ3) is 6.97. The highest BCUT2D eigenvalue weighted by atomic mass is 35.5. The lowest BCUT2D eigenvalue weighted by Crippen LogP contribution is -2.43. The van der Waals surface area contributed by atoms with Crippen molar-refractivity contribution < 1.29 is 23.7 Å². The molecule has 0 bridgehead atoms. The second kappa shape index (κ2) is 14.1. The smallest absolute Gasteiger partial charge is 0.282 e. The fourth-order valence-electron chi connectivity index (χ4n) is 5.22. The maximum Gasteiger partial charge on any atom is 0.282 e. The molecular formula is C34H37ClN4O6. The van der Waals surface area contributed by atoms with Gasteiger partial charge < -0.3 is 23.8 Å². The van der Waals surface area contributed by atoms with Crippen LogP contribution in [0.25, 0.3) is 22.3 Å². The number of ether oxygens (including phenoxy) is 4. The van der Waals surface area contributed by atoms with Crippen LogP contribution in [0, 0.1) is 6.92 Å². The Morgan fingerprint density at radius 1 is 1.11 bits per heavy atom. The highest BCUT2D eigenvalue weighted by molar-refractivity contribution is 6.31. The van der Waals surface area contributed by atoms with Crippen molar-refractivity contribution in [2.75, 3.05) is 46.6 Å². The SMILES string of the molecule is CCOc1cc(C)c(-c2nc3ccccc3c(=O)n2N=Cc2cc(Cl)cc(OC)c2OCC(=O)N2CCOCC2)cc1C(C)C. The number of methoxy groups -OCH3 is 1. The van der Waals surface area contributed by atoms with Gasteiger partial charge in [0, 0.05) is 35.3 Å². The third-order valence-corrected chi connectivity index (χ3v) is 7.78. The minimum Gasteiger partial charge on any atom is -0.494 e. The normalized spacial score (nSPS) is 13.5. The molecule has 0 radical (unpaired) electrons. The molecule has 1 aliphatic heterocycles. The molecule has 11 heteroatoms. The van der Waals surface area contributed by atoms with Gasteiger partial charge in [0.2, 0.25) is 0 Å². The van der Waals surface area contributed by atoms with Gasteiger partial charge in [-0.1, -0.05) is 37.6 Å². The maximum absolute atomic E-state index is 14.0. The lowest BCUT2D eigenvalue weighted by atomic mass is 9.96. The standard InChI is InChI=1S/C34H37ClN4O6/c1-6-44-29-15-22(4)27(18-26(29)21(2)3)33-37-28-10-8-7-9-25(28)34(41)39(33)36-19-23-16-24(35)17-30(42-5)32(23)45-20-31(40)38-11-13-43-14-12-38/h7-10,15-19,21H,6,11-14,20H2,1-5H3. The first-order chi connectivity index (χ1) is 21.7. The maximum atomic E-state index is 14.0. The van der Waals surface area contributed by atoms with Crippen molar-refractivity contribution in [2.24, 2.45) is 5.10 Å². The lowest BCUT2D eigenvalue weighted by molar-refractivity contribution is -0.137. The quantitative estimate of drug-likeness (QED) is 0.207. The Balaban J connectivity index is 1.62. The Morgan fingerprint density at radius 2 is 1.87 bits per heavy atom. The van der Waals surface area contributed by atoms with Crippen molar-refractivity contribution in [1.82, 2.24) is 14.6 Å². The summed E-state index contributed by atoms with van der Waals surface area (Å²) in [6, 6.07) is 14.4. The third-order valence-electron chi connectivity index (χ3n) is 7.56. The zero-order chi connectivity index (χ0) is 32.1. The molecule has 45 heavy (non-hydrogen) atoms. The zero-order valence-electron chi connectivity index (χ0n) is 26.1. The van der Waals surface area contributed by atoms with E-state index in [0.29, 0.717) is 66.0 Å². The highest BCUT2D eigenvalue weighted by Gasteiger charge is 2.21. The van der Waals surface area contributed by atoms with Crippen molar-refractivity contribution >= 4 is 34.6 Å². The molecule has 0 spiro atoms. The molecule has 3 aromatic carbocycles. The van der Waals surface area contributed by atoms with Crippen molar-refractivity contribution in [3.05, 3.63) is 80.6 Å². The Labute approximate surface area is 267 Å². The average molecular weight is 633 g/mol. The predicted octanol–water partition coefficient (Wildman–Crippen LogP) is 5.68. The van der Waals surface area contributed by atoms with Crippen LogP contribution in [0.15, 0.2) is 58.4 Å². The number of halogens is 1. The number of benzene rings is 3. The number of carbonyl (C=O) groups excluding carboxylic acids is 1. The summed E-state index contributed by atoms with van der Waals surface area (Å²) in [6.07, 6.45) is 1.47. The Morgan fingerprint density at radius 3 is 2.58 bits per heavy atom. The van der Waals surface area contributed by atoms with Gasteiger partial charge in [-0.25, -0.2) is 4.98 Å².